The van der Waals surface area contributed by atoms with Crippen molar-refractivity contribution in [3.05, 3.63) is 0 Å². The van der Waals surface area contributed by atoms with Crippen LogP contribution in [0.15, 0.2) is 0 Å². The fourth-order valence-corrected chi connectivity index (χ4v) is 2.24. The van der Waals surface area contributed by atoms with Crippen LogP contribution in [0.2, 0.25) is 0 Å². The van der Waals surface area contributed by atoms with Gasteiger partial charge in [-0.1, -0.05) is 13.8 Å². The van der Waals surface area contributed by atoms with E-state index < -0.39 is 0 Å². The second-order valence-corrected chi connectivity index (χ2v) is 5.13. The Kier molecular flexibility index (Phi) is 6.52. The Morgan fingerprint density at radius 1 is 1.29 bits per heavy atom. The molecule has 0 spiro atoms. The molecule has 1 amide bonds. The SMILES string of the molecule is CCNCC(C)C(=O)NC(C)CN1CCCC1. The van der Waals surface area contributed by atoms with Crippen LogP contribution in [0.25, 0.3) is 0 Å². The lowest BCUT2D eigenvalue weighted by Gasteiger charge is -2.22. The summed E-state index contributed by atoms with van der Waals surface area (Å²) in [6, 6.07) is 0.254. The number of carbonyl (C=O) groups excluding carboxylic acids is 1. The summed E-state index contributed by atoms with van der Waals surface area (Å²) in [5.74, 6) is 0.216. The summed E-state index contributed by atoms with van der Waals surface area (Å²) in [4.78, 5) is 14.3. The molecule has 2 N–H and O–H groups in total. The summed E-state index contributed by atoms with van der Waals surface area (Å²) in [6.07, 6.45) is 2.61. The first-order valence-corrected chi connectivity index (χ1v) is 6.87. The lowest BCUT2D eigenvalue weighted by atomic mass is 10.1. The van der Waals surface area contributed by atoms with Gasteiger partial charge >= 0.3 is 0 Å². The summed E-state index contributed by atoms with van der Waals surface area (Å²) in [6.45, 7) is 11.2. The highest BCUT2D eigenvalue weighted by atomic mass is 16.1. The van der Waals surface area contributed by atoms with Crippen molar-refractivity contribution in [1.29, 1.82) is 0 Å². The van der Waals surface area contributed by atoms with Gasteiger partial charge in [0, 0.05) is 25.0 Å². The Balaban J connectivity index is 2.19. The number of nitrogens with zero attached hydrogens (tertiary/aromatic N) is 1. The first-order chi connectivity index (χ1) is 8.13. The Bertz CT molecular complexity index is 227. The van der Waals surface area contributed by atoms with E-state index in [0.29, 0.717) is 0 Å². The third kappa shape index (κ3) is 5.50. The summed E-state index contributed by atoms with van der Waals surface area (Å²) >= 11 is 0. The fourth-order valence-electron chi connectivity index (χ4n) is 2.24. The van der Waals surface area contributed by atoms with Gasteiger partial charge in [0.05, 0.1) is 0 Å². The molecule has 1 aliphatic heterocycles. The molecular formula is C13H27N3O. The number of nitrogens with one attached hydrogen (secondary N) is 2. The van der Waals surface area contributed by atoms with Gasteiger partial charge in [0.25, 0.3) is 0 Å². The minimum absolute atomic E-state index is 0.0518. The molecule has 2 unspecified atom stereocenters. The first kappa shape index (κ1) is 14.5. The van der Waals surface area contributed by atoms with Gasteiger partial charge in [-0.3, -0.25) is 4.79 Å². The van der Waals surface area contributed by atoms with Gasteiger partial charge in [-0.25, -0.2) is 0 Å². The van der Waals surface area contributed by atoms with Crippen molar-refractivity contribution in [2.24, 2.45) is 5.92 Å². The van der Waals surface area contributed by atoms with Crippen LogP contribution >= 0.6 is 0 Å². The molecule has 0 aromatic carbocycles. The lowest BCUT2D eigenvalue weighted by molar-refractivity contribution is -0.125. The van der Waals surface area contributed by atoms with Crippen LogP contribution < -0.4 is 10.6 Å². The van der Waals surface area contributed by atoms with E-state index in [0.717, 1.165) is 19.6 Å². The second-order valence-electron chi connectivity index (χ2n) is 5.13. The molecule has 2 atom stereocenters. The Morgan fingerprint density at radius 2 is 1.94 bits per heavy atom. The summed E-state index contributed by atoms with van der Waals surface area (Å²) in [5.41, 5.74) is 0. The van der Waals surface area contributed by atoms with Crippen molar-refractivity contribution in [2.75, 3.05) is 32.7 Å². The number of hydrogen-bond acceptors (Lipinski definition) is 3. The minimum Gasteiger partial charge on any atom is -0.352 e. The number of carbonyl (C=O) groups is 1. The van der Waals surface area contributed by atoms with E-state index in [2.05, 4.69) is 29.4 Å². The highest BCUT2D eigenvalue weighted by Crippen LogP contribution is 2.07. The molecule has 1 fully saturated rings. The molecule has 0 aromatic heterocycles. The highest BCUT2D eigenvalue weighted by Gasteiger charge is 2.18. The average molecular weight is 241 g/mol. The maximum absolute atomic E-state index is 11.9. The number of hydrogen-bond donors (Lipinski definition) is 2. The van der Waals surface area contributed by atoms with Gasteiger partial charge < -0.3 is 15.5 Å². The molecule has 0 saturated carbocycles. The molecule has 0 aromatic rings. The molecule has 0 aliphatic carbocycles. The smallest absolute Gasteiger partial charge is 0.224 e. The lowest BCUT2D eigenvalue weighted by Crippen LogP contribution is -2.44. The van der Waals surface area contributed by atoms with Crippen molar-refractivity contribution in [3.63, 3.8) is 0 Å². The molecule has 1 rings (SSSR count). The van der Waals surface area contributed by atoms with Gasteiger partial charge in [-0.05, 0) is 39.4 Å². The van der Waals surface area contributed by atoms with Crippen molar-refractivity contribution in [2.45, 2.75) is 39.7 Å². The van der Waals surface area contributed by atoms with Gasteiger partial charge in [-0.2, -0.15) is 0 Å². The predicted molar refractivity (Wildman–Crippen MR) is 71.0 cm³/mol. The van der Waals surface area contributed by atoms with E-state index in [1.54, 1.807) is 0 Å². The van der Waals surface area contributed by atoms with E-state index in [1.165, 1.54) is 25.9 Å². The number of amides is 1. The molecular weight excluding hydrogens is 214 g/mol. The molecule has 0 bridgehead atoms. The van der Waals surface area contributed by atoms with Gasteiger partial charge in [0.1, 0.15) is 0 Å². The molecule has 100 valence electrons. The topological polar surface area (TPSA) is 44.4 Å². The van der Waals surface area contributed by atoms with Crippen LogP contribution in [0.3, 0.4) is 0 Å². The van der Waals surface area contributed by atoms with Crippen LogP contribution in [0.1, 0.15) is 33.6 Å². The summed E-state index contributed by atoms with van der Waals surface area (Å²) in [7, 11) is 0. The zero-order valence-corrected chi connectivity index (χ0v) is 11.5. The van der Waals surface area contributed by atoms with E-state index in [-0.39, 0.29) is 17.9 Å². The largest absolute Gasteiger partial charge is 0.352 e. The zero-order chi connectivity index (χ0) is 12.7. The quantitative estimate of drug-likeness (QED) is 0.694. The van der Waals surface area contributed by atoms with E-state index in [1.807, 2.05) is 6.92 Å². The average Bonchev–Trinajstić information content (AvgIpc) is 2.78. The van der Waals surface area contributed by atoms with Crippen LogP contribution in [0.4, 0.5) is 0 Å². The van der Waals surface area contributed by atoms with Crippen molar-refractivity contribution in [1.82, 2.24) is 15.5 Å². The molecule has 1 aliphatic rings. The maximum atomic E-state index is 11.9. The summed E-state index contributed by atoms with van der Waals surface area (Å²) < 4.78 is 0. The van der Waals surface area contributed by atoms with Gasteiger partial charge in [-0.15, -0.1) is 0 Å². The first-order valence-electron chi connectivity index (χ1n) is 6.87. The molecule has 4 nitrogen and oxygen atoms in total. The predicted octanol–water partition coefficient (Wildman–Crippen LogP) is 0.833. The normalized spacial score (nSPS) is 20.2. The molecule has 17 heavy (non-hydrogen) atoms. The Morgan fingerprint density at radius 3 is 2.53 bits per heavy atom. The Hall–Kier alpha value is -0.610. The van der Waals surface area contributed by atoms with Crippen molar-refractivity contribution in [3.8, 4) is 0 Å². The summed E-state index contributed by atoms with van der Waals surface area (Å²) in [5, 5.41) is 6.30. The molecule has 1 saturated heterocycles. The molecule has 0 radical (unpaired) electrons. The van der Waals surface area contributed by atoms with Crippen LogP contribution in [0.5, 0.6) is 0 Å². The zero-order valence-electron chi connectivity index (χ0n) is 11.5. The van der Waals surface area contributed by atoms with Crippen molar-refractivity contribution >= 4 is 5.91 Å². The van der Waals surface area contributed by atoms with Gasteiger partial charge in [0.2, 0.25) is 5.91 Å². The standard InChI is InChI=1S/C13H27N3O/c1-4-14-9-11(2)13(17)15-12(3)10-16-7-5-6-8-16/h11-12,14H,4-10H2,1-3H3,(H,15,17). The van der Waals surface area contributed by atoms with Gasteiger partial charge in [0.15, 0.2) is 0 Å². The van der Waals surface area contributed by atoms with E-state index in [4.69, 9.17) is 0 Å². The van der Waals surface area contributed by atoms with Crippen LogP contribution in [0, 0.1) is 5.92 Å². The fraction of sp³-hybridized carbons (Fsp3) is 0.923. The third-order valence-corrected chi connectivity index (χ3v) is 3.27. The molecule has 1 heterocycles. The Labute approximate surface area is 105 Å². The monoisotopic (exact) mass is 241 g/mol. The second kappa shape index (κ2) is 7.67. The highest BCUT2D eigenvalue weighted by molar-refractivity contribution is 5.78. The number of rotatable bonds is 7. The number of likely N-dealkylation sites (tertiary alicyclic amines) is 1. The molecule has 4 heteroatoms. The van der Waals surface area contributed by atoms with Crippen LogP contribution in [-0.4, -0.2) is 49.6 Å². The van der Waals surface area contributed by atoms with E-state index >= 15 is 0 Å². The van der Waals surface area contributed by atoms with Crippen LogP contribution in [-0.2, 0) is 4.79 Å². The minimum atomic E-state index is 0.0518. The van der Waals surface area contributed by atoms with E-state index in [9.17, 15) is 4.79 Å². The maximum Gasteiger partial charge on any atom is 0.224 e. The third-order valence-electron chi connectivity index (χ3n) is 3.27. The van der Waals surface area contributed by atoms with Crippen molar-refractivity contribution < 1.29 is 4.79 Å².